The minimum Gasteiger partial charge on any atom is -0.497 e. The van der Waals surface area contributed by atoms with Gasteiger partial charge in [-0.25, -0.2) is 4.79 Å². The average Bonchev–Trinajstić information content (AvgIpc) is 2.81. The van der Waals surface area contributed by atoms with Gasteiger partial charge in [0.1, 0.15) is 23.9 Å². The number of anilines is 3. The highest BCUT2D eigenvalue weighted by Crippen LogP contribution is 2.34. The normalized spacial score (nSPS) is 12.4. The Hall–Kier alpha value is -3.91. The van der Waals surface area contributed by atoms with Crippen LogP contribution in [0.3, 0.4) is 0 Å². The average molecular weight is 468 g/mol. The molecule has 0 radical (unpaired) electrons. The Morgan fingerprint density at radius 3 is 2.48 bits per heavy atom. The lowest BCUT2D eigenvalue weighted by molar-refractivity contribution is -0.121. The quantitative estimate of drug-likeness (QED) is 0.521. The second-order valence-electron chi connectivity index (χ2n) is 7.13. The molecule has 9 heteroatoms. The summed E-state index contributed by atoms with van der Waals surface area (Å²) in [6.07, 6.45) is 0. The highest BCUT2D eigenvalue weighted by Gasteiger charge is 2.26. The van der Waals surface area contributed by atoms with Gasteiger partial charge in [0.25, 0.3) is 5.91 Å². The van der Waals surface area contributed by atoms with E-state index in [1.165, 1.54) is 0 Å². The number of fused-ring (bicyclic) bond motifs is 1. The second-order valence-corrected chi connectivity index (χ2v) is 7.57. The second kappa shape index (κ2) is 10.1. The van der Waals surface area contributed by atoms with Crippen LogP contribution in [0.2, 0.25) is 5.02 Å². The minimum absolute atomic E-state index is 0.0580. The largest absolute Gasteiger partial charge is 0.497 e. The Morgan fingerprint density at radius 1 is 1.03 bits per heavy atom. The van der Waals surface area contributed by atoms with E-state index in [1.807, 2.05) is 0 Å². The zero-order valence-electron chi connectivity index (χ0n) is 17.8. The van der Waals surface area contributed by atoms with Gasteiger partial charge >= 0.3 is 6.03 Å². The molecule has 8 nitrogen and oxygen atoms in total. The van der Waals surface area contributed by atoms with Crippen molar-refractivity contribution in [1.82, 2.24) is 0 Å². The van der Waals surface area contributed by atoms with Gasteiger partial charge in [-0.15, -0.1) is 0 Å². The van der Waals surface area contributed by atoms with E-state index < -0.39 is 6.03 Å². The van der Waals surface area contributed by atoms with Crippen LogP contribution in [0.4, 0.5) is 21.9 Å². The Labute approximate surface area is 196 Å². The number of urea groups is 1. The van der Waals surface area contributed by atoms with Crippen LogP contribution in [0.5, 0.6) is 17.2 Å². The summed E-state index contributed by atoms with van der Waals surface area (Å²) in [4.78, 5) is 26.5. The van der Waals surface area contributed by atoms with Gasteiger partial charge in [-0.05, 0) is 60.7 Å². The highest BCUT2D eigenvalue weighted by atomic mass is 35.5. The number of halogens is 1. The molecule has 3 amide bonds. The summed E-state index contributed by atoms with van der Waals surface area (Å²) in [6.45, 7) is 0.543. The number of nitrogens with one attached hydrogen (secondary N) is 2. The lowest BCUT2D eigenvalue weighted by Gasteiger charge is -2.29. The first-order valence-corrected chi connectivity index (χ1v) is 10.6. The molecule has 0 aliphatic carbocycles. The van der Waals surface area contributed by atoms with Crippen LogP contribution in [0, 0.1) is 0 Å². The molecule has 0 unspecified atom stereocenters. The predicted octanol–water partition coefficient (Wildman–Crippen LogP) is 4.80. The third-order valence-electron chi connectivity index (χ3n) is 4.89. The number of methoxy groups -OCH3 is 1. The predicted molar refractivity (Wildman–Crippen MR) is 127 cm³/mol. The van der Waals surface area contributed by atoms with Crippen molar-refractivity contribution in [3.8, 4) is 17.2 Å². The van der Waals surface area contributed by atoms with Crippen molar-refractivity contribution in [2.45, 2.75) is 0 Å². The molecule has 0 fully saturated rings. The van der Waals surface area contributed by atoms with E-state index in [4.69, 9.17) is 25.8 Å². The van der Waals surface area contributed by atoms with Gasteiger partial charge < -0.3 is 29.7 Å². The minimum atomic E-state index is -0.435. The lowest BCUT2D eigenvalue weighted by atomic mass is 10.2. The highest BCUT2D eigenvalue weighted by molar-refractivity contribution is 6.30. The van der Waals surface area contributed by atoms with E-state index in [-0.39, 0.29) is 19.1 Å². The van der Waals surface area contributed by atoms with Crippen molar-refractivity contribution in [2.24, 2.45) is 0 Å². The van der Waals surface area contributed by atoms with E-state index in [9.17, 15) is 9.59 Å². The van der Waals surface area contributed by atoms with Gasteiger partial charge in [-0.2, -0.15) is 0 Å². The fourth-order valence-electron chi connectivity index (χ4n) is 3.31. The summed E-state index contributed by atoms with van der Waals surface area (Å²) in [7, 11) is 1.60. The molecule has 3 aromatic rings. The van der Waals surface area contributed by atoms with Crippen LogP contribution in [0.1, 0.15) is 0 Å². The Morgan fingerprint density at radius 2 is 1.76 bits per heavy atom. The number of rotatable bonds is 7. The maximum atomic E-state index is 12.5. The Kier molecular flexibility index (Phi) is 6.85. The van der Waals surface area contributed by atoms with Gasteiger partial charge in [0.2, 0.25) is 0 Å². The number of carbonyl (C=O) groups is 2. The Bertz CT molecular complexity index is 1150. The Balaban J connectivity index is 1.41. The molecule has 0 atom stereocenters. The number of carbonyl (C=O) groups excluding carboxylic acids is 2. The number of benzene rings is 3. The third kappa shape index (κ3) is 5.67. The van der Waals surface area contributed by atoms with Gasteiger partial charge in [0.05, 0.1) is 19.3 Å². The number of nitrogens with zero attached hydrogens (tertiary/aromatic N) is 1. The van der Waals surface area contributed by atoms with Gasteiger partial charge in [0.15, 0.2) is 6.61 Å². The van der Waals surface area contributed by atoms with Crippen molar-refractivity contribution >= 4 is 40.6 Å². The van der Waals surface area contributed by atoms with Crippen molar-refractivity contribution in [2.75, 3.05) is 42.4 Å². The molecule has 1 heterocycles. The van der Waals surface area contributed by atoms with Crippen molar-refractivity contribution in [3.63, 3.8) is 0 Å². The maximum Gasteiger partial charge on any atom is 0.323 e. The topological polar surface area (TPSA) is 89.1 Å². The molecule has 3 aromatic carbocycles. The van der Waals surface area contributed by atoms with Crippen LogP contribution >= 0.6 is 11.6 Å². The van der Waals surface area contributed by atoms with Gasteiger partial charge in [-0.1, -0.05) is 17.7 Å². The maximum absolute atomic E-state index is 12.5. The van der Waals surface area contributed by atoms with Gasteiger partial charge in [0, 0.05) is 16.4 Å². The molecule has 0 saturated carbocycles. The molecule has 0 bridgehead atoms. The smallest absolute Gasteiger partial charge is 0.323 e. The molecule has 33 heavy (non-hydrogen) atoms. The molecule has 170 valence electrons. The molecular formula is C24H22ClN3O5. The van der Waals surface area contributed by atoms with Crippen LogP contribution < -0.4 is 29.7 Å². The number of hydrogen-bond acceptors (Lipinski definition) is 5. The fraction of sp³-hybridized carbons (Fsp3) is 0.167. The SMILES string of the molecule is COc1ccc(OCCN2C(=O)COc3ccc(NC(=O)Nc4cccc(Cl)c4)cc32)cc1. The standard InChI is InChI=1S/C24H22ClN3O5/c1-31-19-6-8-20(9-7-19)32-12-11-28-21-14-18(5-10-22(21)33-15-23(28)29)27-24(30)26-17-4-2-3-16(25)13-17/h2-10,13-14H,11-12,15H2,1H3,(H2,26,27,30). The summed E-state index contributed by atoms with van der Waals surface area (Å²) in [5, 5.41) is 5.99. The molecule has 0 spiro atoms. The van der Waals surface area contributed by atoms with Crippen molar-refractivity contribution in [1.29, 1.82) is 0 Å². The number of ether oxygens (including phenoxy) is 3. The number of hydrogen-bond donors (Lipinski definition) is 2. The third-order valence-corrected chi connectivity index (χ3v) is 5.12. The first kappa shape index (κ1) is 22.3. The molecule has 1 aliphatic heterocycles. The lowest BCUT2D eigenvalue weighted by Crippen LogP contribution is -2.41. The first-order valence-electron chi connectivity index (χ1n) is 10.2. The van der Waals surface area contributed by atoms with Crippen LogP contribution in [-0.2, 0) is 4.79 Å². The number of amides is 3. The van der Waals surface area contributed by atoms with E-state index in [0.717, 1.165) is 5.75 Å². The molecule has 0 aromatic heterocycles. The van der Waals surface area contributed by atoms with Crippen molar-refractivity contribution < 1.29 is 23.8 Å². The van der Waals surface area contributed by atoms with E-state index >= 15 is 0 Å². The zero-order valence-corrected chi connectivity index (χ0v) is 18.6. The molecule has 0 saturated heterocycles. The monoisotopic (exact) mass is 467 g/mol. The summed E-state index contributed by atoms with van der Waals surface area (Å²) in [5.74, 6) is 1.77. The fourth-order valence-corrected chi connectivity index (χ4v) is 3.50. The molecule has 2 N–H and O–H groups in total. The summed E-state index contributed by atoms with van der Waals surface area (Å²) < 4.78 is 16.4. The summed E-state index contributed by atoms with van der Waals surface area (Å²) in [6, 6.07) is 18.7. The molecular weight excluding hydrogens is 446 g/mol. The molecule has 4 rings (SSSR count). The molecule has 1 aliphatic rings. The van der Waals surface area contributed by atoms with Crippen LogP contribution in [0.15, 0.2) is 66.7 Å². The zero-order chi connectivity index (χ0) is 23.2. The van der Waals surface area contributed by atoms with Crippen molar-refractivity contribution in [3.05, 3.63) is 71.8 Å². The first-order chi connectivity index (χ1) is 16.0. The summed E-state index contributed by atoms with van der Waals surface area (Å²) in [5.41, 5.74) is 1.63. The van der Waals surface area contributed by atoms with E-state index in [0.29, 0.717) is 40.1 Å². The van der Waals surface area contributed by atoms with E-state index in [2.05, 4.69) is 10.6 Å². The van der Waals surface area contributed by atoms with Crippen LogP contribution in [-0.4, -0.2) is 38.8 Å². The van der Waals surface area contributed by atoms with E-state index in [1.54, 1.807) is 78.7 Å². The van der Waals surface area contributed by atoms with Crippen LogP contribution in [0.25, 0.3) is 0 Å². The summed E-state index contributed by atoms with van der Waals surface area (Å²) >= 11 is 5.95. The van der Waals surface area contributed by atoms with Gasteiger partial charge in [-0.3, -0.25) is 4.79 Å².